The van der Waals surface area contributed by atoms with Crippen LogP contribution in [0.4, 0.5) is 9.80 Å². The third kappa shape index (κ3) is 4.26. The lowest BCUT2D eigenvalue weighted by Gasteiger charge is -2.19. The number of aromatic carboxylic acids is 1. The van der Waals surface area contributed by atoms with Crippen LogP contribution in [0.3, 0.4) is 0 Å². The van der Waals surface area contributed by atoms with Crippen LogP contribution in [-0.4, -0.2) is 29.9 Å². The Morgan fingerprint density at radius 1 is 1.17 bits per heavy atom. The number of anilines is 1. The van der Waals surface area contributed by atoms with E-state index in [1.54, 1.807) is 57.5 Å². The summed E-state index contributed by atoms with van der Waals surface area (Å²) in [5.41, 5.74) is 0.628. The van der Waals surface area contributed by atoms with Gasteiger partial charge >= 0.3 is 12.1 Å². The molecule has 0 radical (unpaired) electrons. The van der Waals surface area contributed by atoms with Crippen molar-refractivity contribution in [2.45, 2.75) is 26.4 Å². The number of thiophene rings is 1. The summed E-state index contributed by atoms with van der Waals surface area (Å²) in [6.45, 7) is 5.21. The van der Waals surface area contributed by atoms with E-state index in [1.165, 1.54) is 0 Å². The maximum Gasteiger partial charge on any atom is 0.412 e. The fourth-order valence-electron chi connectivity index (χ4n) is 2.04. The van der Waals surface area contributed by atoms with E-state index < -0.39 is 17.7 Å². The molecular formula is C17H19NO5S. The molecule has 0 unspecified atom stereocenters. The molecule has 0 fully saturated rings. The number of methoxy groups -OCH3 is 1. The lowest BCUT2D eigenvalue weighted by Crippen LogP contribution is -2.27. The highest BCUT2D eigenvalue weighted by Crippen LogP contribution is 2.36. The Balaban J connectivity index is 2.33. The number of ether oxygens (including phenoxy) is 2. The standard InChI is InChI=1S/C17H19NO5S/c1-17(2,3)23-16(21)18-14-13(15(19)20)12(9-24-14)10-5-7-11(22-4)8-6-10/h5-9H,1-4H3,(H,18,21)(H,19,20). The molecule has 0 saturated heterocycles. The maximum atomic E-state index is 11.9. The van der Waals surface area contributed by atoms with E-state index >= 15 is 0 Å². The number of rotatable bonds is 4. The molecule has 0 aliphatic rings. The summed E-state index contributed by atoms with van der Waals surface area (Å²) in [5.74, 6) is -0.439. The Kier molecular flexibility index (Phi) is 5.14. The Labute approximate surface area is 144 Å². The van der Waals surface area contributed by atoms with Gasteiger partial charge in [-0.1, -0.05) is 12.1 Å². The highest BCUT2D eigenvalue weighted by Gasteiger charge is 2.23. The number of carbonyl (C=O) groups is 2. The van der Waals surface area contributed by atoms with Gasteiger partial charge in [0.2, 0.25) is 0 Å². The average molecular weight is 349 g/mol. The van der Waals surface area contributed by atoms with Gasteiger partial charge in [0, 0.05) is 10.9 Å². The van der Waals surface area contributed by atoms with E-state index in [-0.39, 0.29) is 10.6 Å². The first kappa shape index (κ1) is 17.8. The van der Waals surface area contributed by atoms with Crippen LogP contribution >= 0.6 is 11.3 Å². The molecular weight excluding hydrogens is 330 g/mol. The van der Waals surface area contributed by atoms with Gasteiger partial charge in [-0.05, 0) is 38.5 Å². The summed E-state index contributed by atoms with van der Waals surface area (Å²) in [6.07, 6.45) is -0.687. The van der Waals surface area contributed by atoms with Crippen molar-refractivity contribution < 1.29 is 24.2 Å². The van der Waals surface area contributed by atoms with Crippen molar-refractivity contribution in [3.63, 3.8) is 0 Å². The molecule has 1 amide bonds. The molecule has 6 nitrogen and oxygen atoms in total. The molecule has 0 aliphatic heterocycles. The number of nitrogens with one attached hydrogen (secondary N) is 1. The number of carbonyl (C=O) groups excluding carboxylic acids is 1. The zero-order chi connectivity index (χ0) is 17.9. The van der Waals surface area contributed by atoms with Gasteiger partial charge in [0.25, 0.3) is 0 Å². The normalized spacial score (nSPS) is 11.0. The van der Waals surface area contributed by atoms with Crippen LogP contribution in [0.5, 0.6) is 5.75 Å². The van der Waals surface area contributed by atoms with Crippen LogP contribution in [0.25, 0.3) is 11.1 Å². The second kappa shape index (κ2) is 6.92. The summed E-state index contributed by atoms with van der Waals surface area (Å²) >= 11 is 1.14. The lowest BCUT2D eigenvalue weighted by atomic mass is 10.0. The second-order valence-corrected chi connectivity index (χ2v) is 6.89. The van der Waals surface area contributed by atoms with Crippen LogP contribution in [0.1, 0.15) is 31.1 Å². The summed E-state index contributed by atoms with van der Waals surface area (Å²) < 4.78 is 10.3. The zero-order valence-electron chi connectivity index (χ0n) is 13.9. The number of benzene rings is 1. The minimum absolute atomic E-state index is 0.0380. The van der Waals surface area contributed by atoms with Crippen LogP contribution < -0.4 is 10.1 Å². The van der Waals surface area contributed by atoms with Crippen molar-refractivity contribution in [2.75, 3.05) is 12.4 Å². The molecule has 0 bridgehead atoms. The molecule has 7 heteroatoms. The Morgan fingerprint density at radius 2 is 1.79 bits per heavy atom. The van der Waals surface area contributed by atoms with Crippen LogP contribution in [0.2, 0.25) is 0 Å². The summed E-state index contributed by atoms with van der Waals surface area (Å²) in [6, 6.07) is 7.04. The average Bonchev–Trinajstić information content (AvgIpc) is 2.89. The largest absolute Gasteiger partial charge is 0.497 e. The van der Waals surface area contributed by atoms with Crippen molar-refractivity contribution >= 4 is 28.4 Å². The maximum absolute atomic E-state index is 11.9. The first-order chi connectivity index (χ1) is 11.2. The van der Waals surface area contributed by atoms with Gasteiger partial charge in [-0.25, -0.2) is 9.59 Å². The van der Waals surface area contributed by atoms with E-state index in [4.69, 9.17) is 9.47 Å². The monoisotopic (exact) mass is 349 g/mol. The Morgan fingerprint density at radius 3 is 2.29 bits per heavy atom. The van der Waals surface area contributed by atoms with Crippen molar-refractivity contribution in [3.05, 3.63) is 35.2 Å². The smallest absolute Gasteiger partial charge is 0.412 e. The molecule has 1 aromatic heterocycles. The molecule has 1 aromatic carbocycles. The van der Waals surface area contributed by atoms with E-state index in [1.807, 2.05) is 0 Å². The molecule has 24 heavy (non-hydrogen) atoms. The van der Waals surface area contributed by atoms with E-state index in [9.17, 15) is 14.7 Å². The van der Waals surface area contributed by atoms with Gasteiger partial charge < -0.3 is 14.6 Å². The molecule has 2 N–H and O–H groups in total. The third-order valence-corrected chi connectivity index (χ3v) is 3.92. The highest BCUT2D eigenvalue weighted by molar-refractivity contribution is 7.15. The van der Waals surface area contributed by atoms with Crippen molar-refractivity contribution in [1.29, 1.82) is 0 Å². The Bertz CT molecular complexity index is 743. The number of carboxylic acid groups (broad SMARTS) is 1. The first-order valence-electron chi connectivity index (χ1n) is 7.20. The second-order valence-electron chi connectivity index (χ2n) is 6.01. The number of hydrogen-bond donors (Lipinski definition) is 2. The molecule has 2 aromatic rings. The lowest BCUT2D eigenvalue weighted by molar-refractivity contribution is 0.0636. The fraction of sp³-hybridized carbons (Fsp3) is 0.294. The van der Waals surface area contributed by atoms with Gasteiger partial charge in [0.15, 0.2) is 0 Å². The summed E-state index contributed by atoms with van der Waals surface area (Å²) in [4.78, 5) is 23.6. The minimum Gasteiger partial charge on any atom is -0.497 e. The van der Waals surface area contributed by atoms with Crippen LogP contribution in [0, 0.1) is 0 Å². The molecule has 0 aliphatic carbocycles. The number of carboxylic acids is 1. The molecule has 128 valence electrons. The molecule has 2 rings (SSSR count). The molecule has 0 spiro atoms. The topological polar surface area (TPSA) is 84.9 Å². The zero-order valence-corrected chi connectivity index (χ0v) is 14.7. The minimum atomic E-state index is -1.12. The first-order valence-corrected chi connectivity index (χ1v) is 8.08. The van der Waals surface area contributed by atoms with Gasteiger partial charge in [0.1, 0.15) is 21.9 Å². The van der Waals surface area contributed by atoms with Gasteiger partial charge in [-0.3, -0.25) is 5.32 Å². The predicted octanol–water partition coefficient (Wildman–Crippen LogP) is 4.47. The number of hydrogen-bond acceptors (Lipinski definition) is 5. The SMILES string of the molecule is COc1ccc(-c2csc(NC(=O)OC(C)(C)C)c2C(=O)O)cc1. The third-order valence-electron chi connectivity index (χ3n) is 3.02. The fourth-order valence-corrected chi connectivity index (χ4v) is 2.99. The van der Waals surface area contributed by atoms with E-state index in [2.05, 4.69) is 5.32 Å². The van der Waals surface area contributed by atoms with Crippen molar-refractivity contribution in [1.82, 2.24) is 0 Å². The van der Waals surface area contributed by atoms with E-state index in [0.29, 0.717) is 11.3 Å². The van der Waals surface area contributed by atoms with Gasteiger partial charge in [0.05, 0.1) is 7.11 Å². The molecule has 1 heterocycles. The Hall–Kier alpha value is -2.54. The summed E-state index contributed by atoms with van der Waals surface area (Å²) in [7, 11) is 1.56. The predicted molar refractivity (Wildman–Crippen MR) is 93.1 cm³/mol. The highest BCUT2D eigenvalue weighted by atomic mass is 32.1. The van der Waals surface area contributed by atoms with Crippen molar-refractivity contribution in [3.8, 4) is 16.9 Å². The van der Waals surface area contributed by atoms with Gasteiger partial charge in [-0.2, -0.15) is 0 Å². The van der Waals surface area contributed by atoms with Crippen LogP contribution in [0.15, 0.2) is 29.6 Å². The van der Waals surface area contributed by atoms with E-state index in [0.717, 1.165) is 16.9 Å². The van der Waals surface area contributed by atoms with Crippen molar-refractivity contribution in [2.24, 2.45) is 0 Å². The quantitative estimate of drug-likeness (QED) is 0.851. The molecule has 0 atom stereocenters. The van der Waals surface area contributed by atoms with Crippen LogP contribution in [-0.2, 0) is 4.74 Å². The van der Waals surface area contributed by atoms with Gasteiger partial charge in [-0.15, -0.1) is 11.3 Å². The molecule has 0 saturated carbocycles. The number of amides is 1. The summed E-state index contributed by atoms with van der Waals surface area (Å²) in [5, 5.41) is 14.0.